The van der Waals surface area contributed by atoms with Crippen molar-refractivity contribution in [1.29, 1.82) is 0 Å². The Bertz CT molecular complexity index is 708. The normalized spacial score (nSPS) is 14.1. The summed E-state index contributed by atoms with van der Waals surface area (Å²) in [5.41, 5.74) is 5.70. The van der Waals surface area contributed by atoms with Crippen LogP contribution >= 0.6 is 0 Å². The van der Waals surface area contributed by atoms with Crippen molar-refractivity contribution < 1.29 is 5.11 Å². The Labute approximate surface area is 151 Å². The minimum absolute atomic E-state index is 0.186. The molecule has 2 unspecified atom stereocenters. The summed E-state index contributed by atoms with van der Waals surface area (Å²) in [6.07, 6.45) is 8.27. The summed E-state index contributed by atoms with van der Waals surface area (Å²) in [6, 6.07) is 14.7. The maximum absolute atomic E-state index is 10.5. The number of aryl methyl sites for hydroxylation is 2. The predicted octanol–water partition coefficient (Wildman–Crippen LogP) is 5.82. The number of hydrogen-bond acceptors (Lipinski definition) is 2. The summed E-state index contributed by atoms with van der Waals surface area (Å²) >= 11 is 0. The van der Waals surface area contributed by atoms with Crippen LogP contribution in [-0.2, 0) is 0 Å². The topological polar surface area (TPSA) is 32.3 Å². The van der Waals surface area contributed by atoms with Crippen LogP contribution < -0.4 is 5.32 Å². The first kappa shape index (κ1) is 19.0. The van der Waals surface area contributed by atoms with Gasteiger partial charge >= 0.3 is 0 Å². The molecule has 2 aromatic carbocycles. The number of anilines is 1. The van der Waals surface area contributed by atoms with Crippen LogP contribution in [0, 0.1) is 13.8 Å². The number of aliphatic hydroxyl groups is 1. The highest BCUT2D eigenvalue weighted by Gasteiger charge is 2.12. The van der Waals surface area contributed by atoms with Crippen molar-refractivity contribution in [3.8, 4) is 0 Å². The SMILES string of the molecule is C/C=C\C=C/c1ccc(C(O)CC(C)Nc2cc(C)cc(C)c2)cc1. The van der Waals surface area contributed by atoms with E-state index in [0.29, 0.717) is 6.42 Å². The molecule has 0 amide bonds. The van der Waals surface area contributed by atoms with Crippen LogP contribution in [0.4, 0.5) is 5.69 Å². The molecule has 0 heterocycles. The quantitative estimate of drug-likeness (QED) is 0.625. The standard InChI is InChI=1S/C23H29NO/c1-5-6-7-8-20-9-11-21(12-10-20)23(25)16-19(4)24-22-14-17(2)13-18(3)15-22/h5-15,19,23-25H,16H2,1-4H3/b6-5-,8-7-. The molecule has 2 heteroatoms. The van der Waals surface area contributed by atoms with Crippen LogP contribution in [0.2, 0.25) is 0 Å². The van der Waals surface area contributed by atoms with Crippen molar-refractivity contribution >= 4 is 11.8 Å². The van der Waals surface area contributed by atoms with E-state index in [1.54, 1.807) is 0 Å². The monoisotopic (exact) mass is 335 g/mol. The zero-order valence-corrected chi connectivity index (χ0v) is 15.7. The lowest BCUT2D eigenvalue weighted by atomic mass is 10.0. The fraction of sp³-hybridized carbons (Fsp3) is 0.304. The molecule has 0 aromatic heterocycles. The van der Waals surface area contributed by atoms with Crippen LogP contribution in [0.1, 0.15) is 48.6 Å². The van der Waals surface area contributed by atoms with Crippen LogP contribution in [0.3, 0.4) is 0 Å². The lowest BCUT2D eigenvalue weighted by Gasteiger charge is -2.20. The van der Waals surface area contributed by atoms with Gasteiger partial charge in [-0.3, -0.25) is 0 Å². The van der Waals surface area contributed by atoms with E-state index in [1.165, 1.54) is 11.1 Å². The van der Waals surface area contributed by atoms with Crippen LogP contribution in [0.25, 0.3) is 6.08 Å². The molecule has 0 saturated heterocycles. The van der Waals surface area contributed by atoms with E-state index in [0.717, 1.165) is 16.8 Å². The van der Waals surface area contributed by atoms with E-state index in [1.807, 2.05) is 49.4 Å². The molecule has 0 aliphatic heterocycles. The van der Waals surface area contributed by atoms with Gasteiger partial charge in [0.05, 0.1) is 6.10 Å². The molecular formula is C23H29NO. The first-order chi connectivity index (χ1) is 12.0. The number of aliphatic hydroxyl groups excluding tert-OH is 1. The summed E-state index contributed by atoms with van der Waals surface area (Å²) < 4.78 is 0. The Kier molecular flexibility index (Phi) is 7.03. The van der Waals surface area contributed by atoms with Crippen molar-refractivity contribution in [3.05, 3.63) is 82.9 Å². The summed E-state index contributed by atoms with van der Waals surface area (Å²) in [6.45, 7) is 8.31. The van der Waals surface area contributed by atoms with Crippen molar-refractivity contribution in [3.63, 3.8) is 0 Å². The Morgan fingerprint density at radius 2 is 1.64 bits per heavy atom. The second-order valence-corrected chi connectivity index (χ2v) is 6.72. The minimum Gasteiger partial charge on any atom is -0.388 e. The molecular weight excluding hydrogens is 306 g/mol. The third kappa shape index (κ3) is 6.24. The Balaban J connectivity index is 1.95. The van der Waals surface area contributed by atoms with Gasteiger partial charge in [-0.1, -0.05) is 54.6 Å². The van der Waals surface area contributed by atoms with Gasteiger partial charge in [0, 0.05) is 11.7 Å². The van der Waals surface area contributed by atoms with Gasteiger partial charge in [0.1, 0.15) is 0 Å². The molecule has 132 valence electrons. The first-order valence-electron chi connectivity index (χ1n) is 8.90. The van der Waals surface area contributed by atoms with Gasteiger partial charge < -0.3 is 10.4 Å². The van der Waals surface area contributed by atoms with Crippen molar-refractivity contribution in [1.82, 2.24) is 0 Å². The molecule has 0 radical (unpaired) electrons. The third-order valence-corrected chi connectivity index (χ3v) is 4.13. The van der Waals surface area contributed by atoms with Crippen molar-refractivity contribution in [2.24, 2.45) is 0 Å². The number of nitrogens with one attached hydrogen (secondary N) is 1. The van der Waals surface area contributed by atoms with E-state index in [-0.39, 0.29) is 6.04 Å². The largest absolute Gasteiger partial charge is 0.388 e. The highest BCUT2D eigenvalue weighted by molar-refractivity contribution is 5.52. The highest BCUT2D eigenvalue weighted by atomic mass is 16.3. The minimum atomic E-state index is -0.470. The molecule has 25 heavy (non-hydrogen) atoms. The van der Waals surface area contributed by atoms with Crippen molar-refractivity contribution in [2.45, 2.75) is 46.3 Å². The lowest BCUT2D eigenvalue weighted by molar-refractivity contribution is 0.162. The predicted molar refractivity (Wildman–Crippen MR) is 109 cm³/mol. The van der Waals surface area contributed by atoms with Crippen LogP contribution in [-0.4, -0.2) is 11.1 Å². The molecule has 0 spiro atoms. The second kappa shape index (κ2) is 9.24. The van der Waals surface area contributed by atoms with E-state index in [2.05, 4.69) is 50.4 Å². The average Bonchev–Trinajstić information content (AvgIpc) is 2.54. The zero-order chi connectivity index (χ0) is 18.2. The van der Waals surface area contributed by atoms with Gasteiger partial charge in [0.15, 0.2) is 0 Å². The number of hydrogen-bond donors (Lipinski definition) is 2. The molecule has 2 atom stereocenters. The summed E-state index contributed by atoms with van der Waals surface area (Å²) in [5.74, 6) is 0. The molecule has 0 bridgehead atoms. The molecule has 2 aromatic rings. The molecule has 0 fully saturated rings. The first-order valence-corrected chi connectivity index (χ1v) is 8.90. The average molecular weight is 335 g/mol. The van der Waals surface area contributed by atoms with E-state index >= 15 is 0 Å². The molecule has 0 saturated carbocycles. The van der Waals surface area contributed by atoms with Gasteiger partial charge in [-0.15, -0.1) is 0 Å². The lowest BCUT2D eigenvalue weighted by Crippen LogP contribution is -2.18. The van der Waals surface area contributed by atoms with Crippen LogP contribution in [0.5, 0.6) is 0 Å². The Morgan fingerprint density at radius 3 is 2.24 bits per heavy atom. The van der Waals surface area contributed by atoms with Gasteiger partial charge in [-0.05, 0) is 68.5 Å². The molecule has 2 rings (SSSR count). The second-order valence-electron chi connectivity index (χ2n) is 6.72. The number of rotatable bonds is 7. The number of allylic oxidation sites excluding steroid dienone is 3. The maximum Gasteiger partial charge on any atom is 0.0809 e. The van der Waals surface area contributed by atoms with Gasteiger partial charge in [-0.25, -0.2) is 0 Å². The van der Waals surface area contributed by atoms with Gasteiger partial charge in [-0.2, -0.15) is 0 Å². The summed E-state index contributed by atoms with van der Waals surface area (Å²) in [7, 11) is 0. The van der Waals surface area contributed by atoms with E-state index in [9.17, 15) is 5.11 Å². The number of benzene rings is 2. The van der Waals surface area contributed by atoms with E-state index in [4.69, 9.17) is 0 Å². The molecule has 2 nitrogen and oxygen atoms in total. The third-order valence-electron chi connectivity index (χ3n) is 4.13. The Hall–Kier alpha value is -2.32. The smallest absolute Gasteiger partial charge is 0.0809 e. The van der Waals surface area contributed by atoms with Gasteiger partial charge in [0.25, 0.3) is 0 Å². The molecule has 0 aliphatic rings. The van der Waals surface area contributed by atoms with E-state index < -0.39 is 6.10 Å². The molecule has 0 aliphatic carbocycles. The fourth-order valence-electron chi connectivity index (χ4n) is 2.98. The summed E-state index contributed by atoms with van der Waals surface area (Å²) in [5, 5.41) is 14.0. The van der Waals surface area contributed by atoms with Crippen molar-refractivity contribution in [2.75, 3.05) is 5.32 Å². The van der Waals surface area contributed by atoms with Crippen LogP contribution in [0.15, 0.2) is 60.7 Å². The maximum atomic E-state index is 10.5. The zero-order valence-electron chi connectivity index (χ0n) is 15.7. The highest BCUT2D eigenvalue weighted by Crippen LogP contribution is 2.22. The van der Waals surface area contributed by atoms with Gasteiger partial charge in [0.2, 0.25) is 0 Å². The Morgan fingerprint density at radius 1 is 1.00 bits per heavy atom. The summed E-state index contributed by atoms with van der Waals surface area (Å²) in [4.78, 5) is 0. The fourth-order valence-corrected chi connectivity index (χ4v) is 2.98. The molecule has 2 N–H and O–H groups in total.